The van der Waals surface area contributed by atoms with Crippen LogP contribution in [0, 0.1) is 0 Å². The van der Waals surface area contributed by atoms with Gasteiger partial charge in [0.15, 0.2) is 11.5 Å². The first kappa shape index (κ1) is 19.5. The van der Waals surface area contributed by atoms with Crippen LogP contribution in [0.1, 0.15) is 28.4 Å². The molecule has 1 aromatic heterocycles. The summed E-state index contributed by atoms with van der Waals surface area (Å²) < 4.78 is 17.1. The molecule has 0 fully saturated rings. The molecule has 2 N–H and O–H groups in total. The predicted octanol–water partition coefficient (Wildman–Crippen LogP) is 5.00. The average Bonchev–Trinajstić information content (AvgIpc) is 3.21. The Bertz CT molecular complexity index is 1200. The second-order valence-electron chi connectivity index (χ2n) is 7.75. The molecule has 0 spiro atoms. The Labute approximate surface area is 182 Å². The number of nitrogens with one attached hydrogen (secondary N) is 2. The number of benzene rings is 3. The summed E-state index contributed by atoms with van der Waals surface area (Å²) in [5.74, 6) is 2.36. The van der Waals surface area contributed by atoms with Crippen LogP contribution in [0.3, 0.4) is 0 Å². The molecule has 0 bridgehead atoms. The standard InChI is InChI=1S/C26H26N2O3/c1-29-19-9-10-22-21(15-19)20-12-13-27-25(26(20)28-22)18-8-11-23(24(14-18)30-2)31-16-17-6-4-3-5-7-17/h3-11,14-15,25,27-28H,12-13,16H2,1-2H3. The number of rotatable bonds is 6. The molecule has 5 heteroatoms. The molecular formula is C26H26N2O3. The first-order valence-corrected chi connectivity index (χ1v) is 10.5. The maximum Gasteiger partial charge on any atom is 0.161 e. The summed E-state index contributed by atoms with van der Waals surface area (Å²) in [6.07, 6.45) is 0.981. The molecule has 1 aliphatic rings. The Kier molecular flexibility index (Phi) is 5.26. The van der Waals surface area contributed by atoms with E-state index in [4.69, 9.17) is 14.2 Å². The lowest BCUT2D eigenvalue weighted by Gasteiger charge is -2.25. The topological polar surface area (TPSA) is 55.5 Å². The monoisotopic (exact) mass is 414 g/mol. The number of hydrogen-bond donors (Lipinski definition) is 2. The lowest BCUT2D eigenvalue weighted by molar-refractivity contribution is 0.284. The van der Waals surface area contributed by atoms with Crippen molar-refractivity contribution in [2.24, 2.45) is 0 Å². The van der Waals surface area contributed by atoms with E-state index >= 15 is 0 Å². The molecule has 0 amide bonds. The van der Waals surface area contributed by atoms with Gasteiger partial charge in [-0.25, -0.2) is 0 Å². The smallest absolute Gasteiger partial charge is 0.161 e. The fraction of sp³-hybridized carbons (Fsp3) is 0.231. The van der Waals surface area contributed by atoms with E-state index in [1.54, 1.807) is 14.2 Å². The van der Waals surface area contributed by atoms with E-state index in [9.17, 15) is 0 Å². The molecule has 2 heterocycles. The highest BCUT2D eigenvalue weighted by atomic mass is 16.5. The fourth-order valence-corrected chi connectivity index (χ4v) is 4.34. The van der Waals surface area contributed by atoms with Crippen LogP contribution in [0.25, 0.3) is 10.9 Å². The minimum Gasteiger partial charge on any atom is -0.497 e. The van der Waals surface area contributed by atoms with E-state index in [1.165, 1.54) is 16.6 Å². The van der Waals surface area contributed by atoms with Gasteiger partial charge < -0.3 is 24.5 Å². The van der Waals surface area contributed by atoms with Crippen LogP contribution in [0.4, 0.5) is 0 Å². The zero-order valence-electron chi connectivity index (χ0n) is 17.8. The average molecular weight is 415 g/mol. The molecule has 0 radical (unpaired) electrons. The summed E-state index contributed by atoms with van der Waals surface area (Å²) in [7, 11) is 3.39. The van der Waals surface area contributed by atoms with Crippen molar-refractivity contribution in [3.63, 3.8) is 0 Å². The number of ether oxygens (including phenoxy) is 3. The Morgan fingerprint density at radius 2 is 1.77 bits per heavy atom. The van der Waals surface area contributed by atoms with E-state index in [0.717, 1.165) is 46.9 Å². The number of hydrogen-bond acceptors (Lipinski definition) is 4. The lowest BCUT2D eigenvalue weighted by atomic mass is 9.94. The molecule has 1 aliphatic heterocycles. The van der Waals surface area contributed by atoms with Crippen LogP contribution in [0.5, 0.6) is 17.2 Å². The van der Waals surface area contributed by atoms with Gasteiger partial charge in [0.1, 0.15) is 12.4 Å². The quantitative estimate of drug-likeness (QED) is 0.466. The van der Waals surface area contributed by atoms with Gasteiger partial charge in [0.05, 0.1) is 20.3 Å². The second kappa shape index (κ2) is 8.36. The minimum absolute atomic E-state index is 0.0687. The molecule has 0 saturated heterocycles. The van der Waals surface area contributed by atoms with Crippen LogP contribution in [0.15, 0.2) is 66.7 Å². The van der Waals surface area contributed by atoms with Crippen molar-refractivity contribution in [3.8, 4) is 17.2 Å². The lowest BCUT2D eigenvalue weighted by Crippen LogP contribution is -2.30. The molecule has 3 aromatic carbocycles. The first-order chi connectivity index (χ1) is 15.3. The summed E-state index contributed by atoms with van der Waals surface area (Å²) in [5.41, 5.74) is 5.95. The number of H-pyrrole nitrogens is 1. The van der Waals surface area contributed by atoms with Crippen molar-refractivity contribution in [1.29, 1.82) is 0 Å². The molecule has 31 heavy (non-hydrogen) atoms. The van der Waals surface area contributed by atoms with Crippen LogP contribution in [-0.2, 0) is 13.0 Å². The second-order valence-corrected chi connectivity index (χ2v) is 7.75. The van der Waals surface area contributed by atoms with Gasteiger partial charge >= 0.3 is 0 Å². The van der Waals surface area contributed by atoms with Gasteiger partial charge in [-0.2, -0.15) is 0 Å². The molecular weight excluding hydrogens is 388 g/mol. The molecule has 158 valence electrons. The third kappa shape index (κ3) is 3.73. The predicted molar refractivity (Wildman–Crippen MR) is 122 cm³/mol. The van der Waals surface area contributed by atoms with Crippen LogP contribution in [0.2, 0.25) is 0 Å². The zero-order chi connectivity index (χ0) is 21.2. The number of aromatic amines is 1. The highest BCUT2D eigenvalue weighted by Gasteiger charge is 2.26. The third-order valence-electron chi connectivity index (χ3n) is 5.92. The van der Waals surface area contributed by atoms with Crippen LogP contribution >= 0.6 is 0 Å². The third-order valence-corrected chi connectivity index (χ3v) is 5.92. The Hall–Kier alpha value is -3.44. The maximum absolute atomic E-state index is 6.03. The van der Waals surface area contributed by atoms with E-state index in [-0.39, 0.29) is 6.04 Å². The summed E-state index contributed by atoms with van der Waals surface area (Å²) in [6.45, 7) is 1.42. The van der Waals surface area contributed by atoms with E-state index in [2.05, 4.69) is 46.7 Å². The Morgan fingerprint density at radius 3 is 2.58 bits per heavy atom. The summed E-state index contributed by atoms with van der Waals surface area (Å²) in [4.78, 5) is 3.62. The molecule has 4 aromatic rings. The van der Waals surface area contributed by atoms with Gasteiger partial charge in [-0.05, 0) is 53.4 Å². The highest BCUT2D eigenvalue weighted by molar-refractivity contribution is 5.86. The Morgan fingerprint density at radius 1 is 0.903 bits per heavy atom. The fourth-order valence-electron chi connectivity index (χ4n) is 4.34. The van der Waals surface area contributed by atoms with Crippen LogP contribution < -0.4 is 19.5 Å². The minimum atomic E-state index is 0.0687. The maximum atomic E-state index is 6.03. The van der Waals surface area contributed by atoms with Crippen molar-refractivity contribution in [2.45, 2.75) is 19.1 Å². The van der Waals surface area contributed by atoms with E-state index < -0.39 is 0 Å². The molecule has 1 atom stereocenters. The molecule has 5 rings (SSSR count). The summed E-state index contributed by atoms with van der Waals surface area (Å²) in [6, 6.07) is 22.6. The number of methoxy groups -OCH3 is 2. The summed E-state index contributed by atoms with van der Waals surface area (Å²) in [5, 5.41) is 4.88. The molecule has 1 unspecified atom stereocenters. The van der Waals surface area contributed by atoms with Crippen molar-refractivity contribution in [1.82, 2.24) is 10.3 Å². The number of aromatic nitrogens is 1. The largest absolute Gasteiger partial charge is 0.497 e. The molecule has 0 aliphatic carbocycles. The zero-order valence-corrected chi connectivity index (χ0v) is 17.8. The van der Waals surface area contributed by atoms with Crippen molar-refractivity contribution in [3.05, 3.63) is 89.1 Å². The SMILES string of the molecule is COc1ccc2[nH]c3c(c2c1)CCNC3c1ccc(OCc2ccccc2)c(OC)c1. The molecule has 0 saturated carbocycles. The van der Waals surface area contributed by atoms with Gasteiger partial charge in [-0.15, -0.1) is 0 Å². The van der Waals surface area contributed by atoms with Gasteiger partial charge in [0.25, 0.3) is 0 Å². The van der Waals surface area contributed by atoms with Crippen molar-refractivity contribution >= 4 is 10.9 Å². The van der Waals surface area contributed by atoms with Gasteiger partial charge in [-0.3, -0.25) is 0 Å². The normalized spacial score (nSPS) is 15.5. The van der Waals surface area contributed by atoms with E-state index in [1.807, 2.05) is 30.3 Å². The van der Waals surface area contributed by atoms with Crippen molar-refractivity contribution < 1.29 is 14.2 Å². The van der Waals surface area contributed by atoms with Gasteiger partial charge in [-0.1, -0.05) is 36.4 Å². The van der Waals surface area contributed by atoms with Crippen molar-refractivity contribution in [2.75, 3.05) is 20.8 Å². The summed E-state index contributed by atoms with van der Waals surface area (Å²) >= 11 is 0. The van der Waals surface area contributed by atoms with Crippen LogP contribution in [-0.4, -0.2) is 25.7 Å². The first-order valence-electron chi connectivity index (χ1n) is 10.5. The van der Waals surface area contributed by atoms with Gasteiger partial charge in [0.2, 0.25) is 0 Å². The van der Waals surface area contributed by atoms with E-state index in [0.29, 0.717) is 6.61 Å². The van der Waals surface area contributed by atoms with Gasteiger partial charge in [0, 0.05) is 23.1 Å². The number of fused-ring (bicyclic) bond motifs is 3. The Balaban J connectivity index is 1.45. The molecule has 5 nitrogen and oxygen atoms in total. The highest BCUT2D eigenvalue weighted by Crippen LogP contribution is 2.38.